The van der Waals surface area contributed by atoms with E-state index in [0.717, 1.165) is 12.2 Å². The smallest absolute Gasteiger partial charge is 0.145 e. The van der Waals surface area contributed by atoms with Crippen LogP contribution in [-0.2, 0) is 4.74 Å². The van der Waals surface area contributed by atoms with Crippen molar-refractivity contribution in [3.63, 3.8) is 0 Å². The van der Waals surface area contributed by atoms with Gasteiger partial charge in [0, 0.05) is 0 Å². The molecule has 2 rings (SSSR count). The summed E-state index contributed by atoms with van der Waals surface area (Å²) in [5, 5.41) is 0. The molecule has 0 saturated carbocycles. The Morgan fingerprint density at radius 3 is 2.50 bits per heavy atom. The quantitative estimate of drug-likeness (QED) is 0.728. The van der Waals surface area contributed by atoms with Gasteiger partial charge in [0.15, 0.2) is 0 Å². The lowest BCUT2D eigenvalue weighted by atomic mass is 9.96. The van der Waals surface area contributed by atoms with Crippen molar-refractivity contribution in [1.29, 1.82) is 0 Å². The SMILES string of the molecule is CCC[C@H]1CCC[C@@H](c2ccc(OC(P)(P)P)cc2)O1. The minimum absolute atomic E-state index is 0.252. The molecule has 5 atom stereocenters. The monoisotopic (exact) mass is 330 g/mol. The first-order valence-corrected chi connectivity index (χ1v) is 9.02. The zero-order valence-corrected chi connectivity index (χ0v) is 15.5. The summed E-state index contributed by atoms with van der Waals surface area (Å²) >= 11 is 0. The number of ether oxygens (including phenoxy) is 2. The first kappa shape index (κ1) is 16.6. The molecule has 0 amide bonds. The van der Waals surface area contributed by atoms with Crippen LogP contribution >= 0.6 is 27.7 Å². The zero-order chi connectivity index (χ0) is 14.6. The summed E-state index contributed by atoms with van der Waals surface area (Å²) in [7, 11) is 7.88. The predicted molar refractivity (Wildman–Crippen MR) is 95.3 cm³/mol. The molecule has 0 bridgehead atoms. The van der Waals surface area contributed by atoms with E-state index < -0.39 is 4.82 Å². The molecule has 2 nitrogen and oxygen atoms in total. The molecule has 1 fully saturated rings. The van der Waals surface area contributed by atoms with E-state index in [1.165, 1.54) is 31.2 Å². The summed E-state index contributed by atoms with van der Waals surface area (Å²) < 4.78 is 12.0. The molecule has 0 spiro atoms. The molecule has 1 aromatic rings. The molecule has 112 valence electrons. The fourth-order valence-corrected chi connectivity index (χ4v) is 3.04. The van der Waals surface area contributed by atoms with Crippen LogP contribution in [0.2, 0.25) is 0 Å². The lowest BCUT2D eigenvalue weighted by Crippen LogP contribution is -2.22. The fourth-order valence-electron chi connectivity index (χ4n) is 2.63. The molecule has 5 heteroatoms. The Balaban J connectivity index is 1.98. The highest BCUT2D eigenvalue weighted by Gasteiger charge is 2.23. The summed E-state index contributed by atoms with van der Waals surface area (Å²) in [6.45, 7) is 2.22. The number of hydrogen-bond acceptors (Lipinski definition) is 2. The highest BCUT2D eigenvalue weighted by atomic mass is 31.1. The van der Waals surface area contributed by atoms with Gasteiger partial charge < -0.3 is 9.47 Å². The van der Waals surface area contributed by atoms with Gasteiger partial charge in [0.1, 0.15) is 10.6 Å². The van der Waals surface area contributed by atoms with Crippen LogP contribution in [0.15, 0.2) is 24.3 Å². The van der Waals surface area contributed by atoms with Crippen molar-refractivity contribution >= 4 is 27.7 Å². The summed E-state index contributed by atoms with van der Waals surface area (Å²) in [5.41, 5.74) is 1.26. The third kappa shape index (κ3) is 5.23. The molecule has 1 saturated heterocycles. The van der Waals surface area contributed by atoms with Crippen molar-refractivity contribution in [2.45, 2.75) is 56.1 Å². The van der Waals surface area contributed by atoms with Crippen LogP contribution in [0, 0.1) is 0 Å². The first-order valence-electron chi connectivity index (χ1n) is 7.29. The van der Waals surface area contributed by atoms with Crippen molar-refractivity contribution in [2.75, 3.05) is 0 Å². The standard InChI is InChI=1S/C15H25O2P3/c1-2-4-12-5-3-6-14(16-12)11-7-9-13(10-8-11)17-15(18,19)20/h7-10,12,14H,2-6,18-20H2,1H3/t12-,14-/m0/s1. The predicted octanol–water partition coefficient (Wildman–Crippen LogP) is 4.71. The maximum atomic E-state index is 6.20. The van der Waals surface area contributed by atoms with Crippen LogP contribution in [0.4, 0.5) is 0 Å². The highest BCUT2D eigenvalue weighted by molar-refractivity contribution is 7.56. The third-order valence-corrected chi connectivity index (χ3v) is 3.86. The van der Waals surface area contributed by atoms with E-state index in [1.54, 1.807) is 0 Å². The Labute approximate surface area is 129 Å². The minimum atomic E-state index is -0.394. The van der Waals surface area contributed by atoms with Crippen LogP contribution in [0.25, 0.3) is 0 Å². The maximum Gasteiger partial charge on any atom is 0.145 e. The second-order valence-electron chi connectivity index (χ2n) is 5.49. The van der Waals surface area contributed by atoms with Crippen molar-refractivity contribution < 1.29 is 9.47 Å². The maximum absolute atomic E-state index is 6.20. The average molecular weight is 330 g/mol. The molecule has 0 aromatic heterocycles. The second kappa shape index (κ2) is 7.51. The van der Waals surface area contributed by atoms with Crippen molar-refractivity contribution in [1.82, 2.24) is 0 Å². The molecular formula is C15H25O2P3. The van der Waals surface area contributed by atoms with Crippen molar-refractivity contribution in [3.8, 4) is 5.75 Å². The van der Waals surface area contributed by atoms with Crippen LogP contribution in [0.3, 0.4) is 0 Å². The van der Waals surface area contributed by atoms with Gasteiger partial charge in [-0.2, -0.15) is 0 Å². The van der Waals surface area contributed by atoms with Gasteiger partial charge in [-0.25, -0.2) is 0 Å². The van der Waals surface area contributed by atoms with Gasteiger partial charge in [-0.1, -0.05) is 53.2 Å². The number of hydrogen-bond donors (Lipinski definition) is 0. The van der Waals surface area contributed by atoms with Gasteiger partial charge in [-0.15, -0.1) is 0 Å². The molecule has 1 aliphatic heterocycles. The van der Waals surface area contributed by atoms with Gasteiger partial charge in [0.25, 0.3) is 0 Å². The fraction of sp³-hybridized carbons (Fsp3) is 0.600. The summed E-state index contributed by atoms with van der Waals surface area (Å²) in [6.07, 6.45) is 6.66. The van der Waals surface area contributed by atoms with Gasteiger partial charge in [-0.05, 0) is 43.4 Å². The van der Waals surface area contributed by atoms with Gasteiger partial charge in [0.2, 0.25) is 0 Å². The van der Waals surface area contributed by atoms with E-state index in [2.05, 4.69) is 46.8 Å². The Morgan fingerprint density at radius 1 is 1.20 bits per heavy atom. The van der Waals surface area contributed by atoms with Crippen LogP contribution < -0.4 is 4.74 Å². The minimum Gasteiger partial charge on any atom is -0.476 e. The highest BCUT2D eigenvalue weighted by Crippen LogP contribution is 2.38. The second-order valence-corrected chi connectivity index (χ2v) is 10.2. The van der Waals surface area contributed by atoms with Crippen LogP contribution in [-0.4, -0.2) is 10.9 Å². The molecule has 3 unspecified atom stereocenters. The molecule has 1 heterocycles. The molecule has 1 aliphatic rings. The van der Waals surface area contributed by atoms with Crippen LogP contribution in [0.5, 0.6) is 5.75 Å². The Bertz CT molecular complexity index is 412. The molecule has 0 aliphatic carbocycles. The molecule has 1 aromatic carbocycles. The van der Waals surface area contributed by atoms with Gasteiger partial charge in [-0.3, -0.25) is 0 Å². The summed E-state index contributed by atoms with van der Waals surface area (Å²) in [4.78, 5) is -0.394. The Morgan fingerprint density at radius 2 is 1.90 bits per heavy atom. The Hall–Kier alpha value is 0.270. The third-order valence-electron chi connectivity index (χ3n) is 3.51. The van der Waals surface area contributed by atoms with Gasteiger partial charge >= 0.3 is 0 Å². The normalized spacial score (nSPS) is 23.6. The largest absolute Gasteiger partial charge is 0.476 e. The number of benzene rings is 1. The Kier molecular flexibility index (Phi) is 6.25. The lowest BCUT2D eigenvalue weighted by Gasteiger charge is -2.30. The van der Waals surface area contributed by atoms with E-state index in [9.17, 15) is 0 Å². The molecule has 0 N–H and O–H groups in total. The first-order chi connectivity index (χ1) is 9.48. The van der Waals surface area contributed by atoms with Gasteiger partial charge in [0.05, 0.1) is 12.2 Å². The van der Waals surface area contributed by atoms with Crippen molar-refractivity contribution in [3.05, 3.63) is 29.8 Å². The average Bonchev–Trinajstić information content (AvgIpc) is 2.38. The van der Waals surface area contributed by atoms with Crippen molar-refractivity contribution in [2.24, 2.45) is 0 Å². The molecular weight excluding hydrogens is 305 g/mol. The summed E-state index contributed by atoms with van der Waals surface area (Å²) in [5.74, 6) is 0.870. The van der Waals surface area contributed by atoms with E-state index in [1.807, 2.05) is 12.1 Å². The van der Waals surface area contributed by atoms with E-state index in [4.69, 9.17) is 9.47 Å². The van der Waals surface area contributed by atoms with E-state index >= 15 is 0 Å². The van der Waals surface area contributed by atoms with E-state index in [0.29, 0.717) is 6.10 Å². The number of rotatable bonds is 5. The topological polar surface area (TPSA) is 18.5 Å². The van der Waals surface area contributed by atoms with E-state index in [-0.39, 0.29) is 6.10 Å². The zero-order valence-electron chi connectivity index (χ0n) is 12.0. The summed E-state index contributed by atoms with van der Waals surface area (Å²) in [6, 6.07) is 8.30. The molecule has 0 radical (unpaired) electrons. The van der Waals surface area contributed by atoms with Crippen LogP contribution in [0.1, 0.15) is 50.7 Å². The lowest BCUT2D eigenvalue weighted by molar-refractivity contribution is -0.0550. The molecule has 20 heavy (non-hydrogen) atoms.